The number of rotatable bonds is 6. The van der Waals surface area contributed by atoms with E-state index in [2.05, 4.69) is 20.4 Å². The summed E-state index contributed by atoms with van der Waals surface area (Å²) in [6.07, 6.45) is 5.08. The van der Waals surface area contributed by atoms with Crippen LogP contribution in [0.25, 0.3) is 0 Å². The molecule has 0 aromatic carbocycles. The Balaban J connectivity index is 1.82. The van der Waals surface area contributed by atoms with E-state index in [1.165, 1.54) is 18.2 Å². The average Bonchev–Trinajstić information content (AvgIpc) is 3.26. The van der Waals surface area contributed by atoms with Crippen LogP contribution in [0.4, 0.5) is 10.7 Å². The molecule has 0 spiro atoms. The predicted octanol–water partition coefficient (Wildman–Crippen LogP) is 1.59. The number of imide groups is 1. The number of piperidine rings is 1. The lowest BCUT2D eigenvalue weighted by Gasteiger charge is -2.27. The van der Waals surface area contributed by atoms with Crippen LogP contribution in [0, 0.1) is 0 Å². The lowest BCUT2D eigenvalue weighted by atomic mass is 10.1. The third kappa shape index (κ3) is 4.37. The van der Waals surface area contributed by atoms with Gasteiger partial charge in [0.25, 0.3) is 0 Å². The lowest BCUT2D eigenvalue weighted by Crippen LogP contribution is -2.39. The molecule has 0 saturated carbocycles. The largest absolute Gasteiger partial charge is 0.467 e. The number of nitrogens with zero attached hydrogens (tertiary/aromatic N) is 4. The first-order valence-corrected chi connectivity index (χ1v) is 9.40. The molecule has 3 rings (SSSR count). The van der Waals surface area contributed by atoms with Gasteiger partial charge in [0.1, 0.15) is 5.76 Å². The lowest BCUT2D eigenvalue weighted by molar-refractivity contribution is -0.119. The summed E-state index contributed by atoms with van der Waals surface area (Å²) in [6.45, 7) is 4.02. The molecular formula is C16H22N6O3S. The van der Waals surface area contributed by atoms with Crippen LogP contribution >= 0.6 is 11.8 Å². The van der Waals surface area contributed by atoms with Gasteiger partial charge in [-0.3, -0.25) is 14.7 Å². The quantitative estimate of drug-likeness (QED) is 0.732. The van der Waals surface area contributed by atoms with Gasteiger partial charge in [0.05, 0.1) is 18.1 Å². The van der Waals surface area contributed by atoms with Crippen molar-refractivity contribution in [3.63, 3.8) is 0 Å². The predicted molar refractivity (Wildman–Crippen MR) is 96.9 cm³/mol. The van der Waals surface area contributed by atoms with Crippen molar-refractivity contribution in [1.29, 1.82) is 0 Å². The Kier molecular flexibility index (Phi) is 5.82. The van der Waals surface area contributed by atoms with Gasteiger partial charge in [-0.25, -0.2) is 4.79 Å². The van der Waals surface area contributed by atoms with Gasteiger partial charge in [-0.1, -0.05) is 11.8 Å². The number of carbonyl (C=O) groups is 2. The fourth-order valence-electron chi connectivity index (χ4n) is 2.83. The number of carbonyl (C=O) groups excluding carboxylic acids is 2. The van der Waals surface area contributed by atoms with E-state index < -0.39 is 17.2 Å². The molecule has 1 fully saturated rings. The summed E-state index contributed by atoms with van der Waals surface area (Å²) in [4.78, 5) is 25.1. The summed E-state index contributed by atoms with van der Waals surface area (Å²) in [5.74, 6) is 1.08. The zero-order chi connectivity index (χ0) is 18.5. The minimum atomic E-state index is -0.867. The third-order valence-corrected chi connectivity index (χ3v) is 5.21. The van der Waals surface area contributed by atoms with E-state index in [0.29, 0.717) is 11.7 Å². The molecule has 1 atom stereocenters. The van der Waals surface area contributed by atoms with Gasteiger partial charge in [-0.15, -0.1) is 10.2 Å². The van der Waals surface area contributed by atoms with Crippen molar-refractivity contribution in [1.82, 2.24) is 20.1 Å². The Hall–Kier alpha value is -2.49. The molecule has 2 aromatic rings. The van der Waals surface area contributed by atoms with Crippen LogP contribution in [0.2, 0.25) is 0 Å². The van der Waals surface area contributed by atoms with Gasteiger partial charge in [-0.05, 0) is 38.3 Å². The van der Waals surface area contributed by atoms with Crippen LogP contribution < -0.4 is 16.0 Å². The molecule has 0 aliphatic carbocycles. The Labute approximate surface area is 155 Å². The van der Waals surface area contributed by atoms with Crippen molar-refractivity contribution in [2.45, 2.75) is 43.1 Å². The smallest absolute Gasteiger partial charge is 0.318 e. The van der Waals surface area contributed by atoms with E-state index >= 15 is 0 Å². The molecule has 3 heterocycles. The first-order chi connectivity index (χ1) is 12.5. The number of hydrogen-bond donors (Lipinski definition) is 2. The monoisotopic (exact) mass is 378 g/mol. The zero-order valence-corrected chi connectivity index (χ0v) is 15.4. The maximum atomic E-state index is 12.0. The Bertz CT molecular complexity index is 754. The fourth-order valence-corrected chi connectivity index (χ4v) is 3.67. The highest BCUT2D eigenvalue weighted by molar-refractivity contribution is 8.00. The summed E-state index contributed by atoms with van der Waals surface area (Å²) < 4.78 is 7.41. The number of nitrogens with one attached hydrogen (secondary N) is 1. The molecule has 26 heavy (non-hydrogen) atoms. The molecule has 140 valence electrons. The highest BCUT2D eigenvalue weighted by Gasteiger charge is 2.24. The maximum absolute atomic E-state index is 12.0. The number of furan rings is 1. The van der Waals surface area contributed by atoms with Gasteiger partial charge >= 0.3 is 6.03 Å². The number of amides is 3. The van der Waals surface area contributed by atoms with Crippen LogP contribution in [0.3, 0.4) is 0 Å². The highest BCUT2D eigenvalue weighted by Crippen LogP contribution is 2.28. The SMILES string of the molecule is CC(Sc1nnc(N2CCCCC2)n1Cc1ccco1)C(=O)NC(N)=O. The number of urea groups is 1. The van der Waals surface area contributed by atoms with Crippen molar-refractivity contribution in [3.8, 4) is 0 Å². The molecular weight excluding hydrogens is 356 g/mol. The molecule has 0 radical (unpaired) electrons. The van der Waals surface area contributed by atoms with Crippen LogP contribution in [0.5, 0.6) is 0 Å². The Morgan fingerprint density at radius 1 is 1.35 bits per heavy atom. The molecule has 3 N–H and O–H groups in total. The molecule has 1 aliphatic heterocycles. The van der Waals surface area contributed by atoms with E-state index in [-0.39, 0.29) is 0 Å². The van der Waals surface area contributed by atoms with E-state index in [0.717, 1.165) is 37.6 Å². The number of thioether (sulfide) groups is 1. The summed E-state index contributed by atoms with van der Waals surface area (Å²) in [6, 6.07) is 2.85. The van der Waals surface area contributed by atoms with Gasteiger partial charge in [0.15, 0.2) is 5.16 Å². The number of anilines is 1. The second kappa shape index (κ2) is 8.26. The minimum Gasteiger partial charge on any atom is -0.467 e. The standard InChI is InChI=1S/C16H22N6O3S/c1-11(13(23)18-14(17)24)26-16-20-19-15(21-7-3-2-4-8-21)22(16)10-12-6-5-9-25-12/h5-6,9,11H,2-4,7-8,10H2,1H3,(H3,17,18,23,24). The van der Waals surface area contributed by atoms with E-state index in [1.807, 2.05) is 16.7 Å². The van der Waals surface area contributed by atoms with E-state index in [9.17, 15) is 9.59 Å². The summed E-state index contributed by atoms with van der Waals surface area (Å²) in [7, 11) is 0. The molecule has 1 unspecified atom stereocenters. The molecule has 2 aromatic heterocycles. The number of primary amides is 1. The molecule has 1 saturated heterocycles. The number of hydrogen-bond acceptors (Lipinski definition) is 7. The number of aromatic nitrogens is 3. The fraction of sp³-hybridized carbons (Fsp3) is 0.500. The molecule has 1 aliphatic rings. The second-order valence-electron chi connectivity index (χ2n) is 6.11. The van der Waals surface area contributed by atoms with Crippen molar-refractivity contribution < 1.29 is 14.0 Å². The maximum Gasteiger partial charge on any atom is 0.318 e. The van der Waals surface area contributed by atoms with Crippen molar-refractivity contribution in [3.05, 3.63) is 24.2 Å². The van der Waals surface area contributed by atoms with Gasteiger partial charge in [0.2, 0.25) is 11.9 Å². The van der Waals surface area contributed by atoms with Crippen LogP contribution in [0.1, 0.15) is 31.9 Å². The average molecular weight is 378 g/mol. The third-order valence-electron chi connectivity index (χ3n) is 4.13. The molecule has 9 nitrogen and oxygen atoms in total. The summed E-state index contributed by atoms with van der Waals surface area (Å²) >= 11 is 1.23. The van der Waals surface area contributed by atoms with E-state index in [4.69, 9.17) is 10.2 Å². The molecule has 3 amide bonds. The first-order valence-electron chi connectivity index (χ1n) is 8.52. The Morgan fingerprint density at radius 2 is 2.12 bits per heavy atom. The van der Waals surface area contributed by atoms with Gasteiger partial charge in [-0.2, -0.15) is 0 Å². The van der Waals surface area contributed by atoms with Crippen molar-refractivity contribution >= 4 is 29.6 Å². The van der Waals surface area contributed by atoms with Crippen LogP contribution in [-0.2, 0) is 11.3 Å². The zero-order valence-electron chi connectivity index (χ0n) is 14.6. The van der Waals surface area contributed by atoms with Gasteiger partial charge in [0, 0.05) is 13.1 Å². The molecule has 10 heteroatoms. The van der Waals surface area contributed by atoms with Gasteiger partial charge < -0.3 is 15.1 Å². The highest BCUT2D eigenvalue weighted by atomic mass is 32.2. The van der Waals surface area contributed by atoms with Crippen LogP contribution in [0.15, 0.2) is 28.0 Å². The number of nitrogens with two attached hydrogens (primary N) is 1. The van der Waals surface area contributed by atoms with E-state index in [1.54, 1.807) is 13.2 Å². The summed E-state index contributed by atoms with van der Waals surface area (Å²) in [5.41, 5.74) is 5.01. The normalized spacial score (nSPS) is 15.7. The van der Waals surface area contributed by atoms with Crippen LogP contribution in [-0.4, -0.2) is 45.0 Å². The molecule has 0 bridgehead atoms. The topological polar surface area (TPSA) is 119 Å². The summed E-state index contributed by atoms with van der Waals surface area (Å²) in [5, 5.41) is 10.8. The van der Waals surface area contributed by atoms with Crippen molar-refractivity contribution in [2.24, 2.45) is 5.73 Å². The Morgan fingerprint density at radius 3 is 2.77 bits per heavy atom. The first kappa shape index (κ1) is 18.3. The minimum absolute atomic E-state index is 0.463. The van der Waals surface area contributed by atoms with Crippen molar-refractivity contribution in [2.75, 3.05) is 18.0 Å². The second-order valence-corrected chi connectivity index (χ2v) is 7.42.